The van der Waals surface area contributed by atoms with Crippen LogP contribution in [0.5, 0.6) is 11.5 Å². The lowest BCUT2D eigenvalue weighted by Crippen LogP contribution is -2.28. The Hall–Kier alpha value is -1.22. The molecule has 1 N–H and O–H groups in total. The van der Waals surface area contributed by atoms with Crippen LogP contribution in [0.1, 0.15) is 26.3 Å². The smallest absolute Gasteiger partial charge is 0.123 e. The van der Waals surface area contributed by atoms with Gasteiger partial charge < -0.3 is 14.7 Å². The molecule has 96 valence electrons. The van der Waals surface area contributed by atoms with Crippen LogP contribution in [0.3, 0.4) is 0 Å². The number of rotatable bonds is 4. The van der Waals surface area contributed by atoms with E-state index >= 15 is 0 Å². The Morgan fingerprint density at radius 1 is 1.29 bits per heavy atom. The monoisotopic (exact) mass is 237 g/mol. The van der Waals surface area contributed by atoms with Crippen molar-refractivity contribution in [3.05, 3.63) is 23.8 Å². The summed E-state index contributed by atoms with van der Waals surface area (Å²) in [5.41, 5.74) is 1.19. The molecule has 3 nitrogen and oxygen atoms in total. The van der Waals surface area contributed by atoms with Crippen LogP contribution in [0.15, 0.2) is 18.2 Å². The van der Waals surface area contributed by atoms with Gasteiger partial charge in [0.05, 0.1) is 7.11 Å². The topological polar surface area (TPSA) is 32.7 Å². The van der Waals surface area contributed by atoms with Crippen LogP contribution in [0.25, 0.3) is 0 Å². The molecule has 1 aromatic carbocycles. The van der Waals surface area contributed by atoms with Crippen molar-refractivity contribution >= 4 is 0 Å². The summed E-state index contributed by atoms with van der Waals surface area (Å²) in [7, 11) is 3.66. The highest BCUT2D eigenvalue weighted by molar-refractivity contribution is 5.39. The zero-order valence-electron chi connectivity index (χ0n) is 11.4. The summed E-state index contributed by atoms with van der Waals surface area (Å²) in [6.07, 6.45) is 0. The van der Waals surface area contributed by atoms with E-state index in [2.05, 4.69) is 32.7 Å². The van der Waals surface area contributed by atoms with E-state index in [4.69, 9.17) is 4.74 Å². The maximum absolute atomic E-state index is 9.86. The Bertz CT molecular complexity index is 369. The van der Waals surface area contributed by atoms with E-state index in [0.717, 1.165) is 18.7 Å². The van der Waals surface area contributed by atoms with Crippen molar-refractivity contribution in [3.8, 4) is 11.5 Å². The third-order valence-electron chi connectivity index (χ3n) is 2.48. The van der Waals surface area contributed by atoms with Gasteiger partial charge in [-0.1, -0.05) is 26.8 Å². The van der Waals surface area contributed by atoms with E-state index in [0.29, 0.717) is 11.5 Å². The number of phenolic OH excluding ortho intramolecular Hbond substituents is 1. The maximum atomic E-state index is 9.86. The molecule has 1 aromatic rings. The molecule has 3 heteroatoms. The molecule has 0 saturated heterocycles. The highest BCUT2D eigenvalue weighted by atomic mass is 16.5. The fourth-order valence-electron chi connectivity index (χ4n) is 1.96. The van der Waals surface area contributed by atoms with Crippen LogP contribution in [-0.4, -0.2) is 30.7 Å². The van der Waals surface area contributed by atoms with E-state index < -0.39 is 0 Å². The molecule has 0 aliphatic heterocycles. The average Bonchev–Trinajstić information content (AvgIpc) is 2.18. The maximum Gasteiger partial charge on any atom is 0.123 e. The Kier molecular flexibility index (Phi) is 4.40. The van der Waals surface area contributed by atoms with Crippen molar-refractivity contribution in [3.63, 3.8) is 0 Å². The molecule has 0 bridgehead atoms. The van der Waals surface area contributed by atoms with Gasteiger partial charge in [0.1, 0.15) is 11.5 Å². The van der Waals surface area contributed by atoms with Crippen LogP contribution in [0.2, 0.25) is 0 Å². The minimum atomic E-state index is 0.261. The van der Waals surface area contributed by atoms with Gasteiger partial charge in [-0.05, 0) is 18.5 Å². The molecule has 0 saturated carbocycles. The first kappa shape index (κ1) is 13.8. The standard InChI is InChI=1S/C14H23NO2/c1-14(2,3)10-15(4)9-11-6-7-12(17-5)8-13(11)16/h6-8,16H,9-10H2,1-5H3. The molecule has 1 rings (SSSR count). The second kappa shape index (κ2) is 5.41. The Labute approximate surface area is 104 Å². The zero-order valence-corrected chi connectivity index (χ0v) is 11.4. The summed E-state index contributed by atoms with van der Waals surface area (Å²) < 4.78 is 5.06. The molecule has 17 heavy (non-hydrogen) atoms. The SMILES string of the molecule is COc1ccc(CN(C)CC(C)(C)C)c(O)c1. The van der Waals surface area contributed by atoms with Gasteiger partial charge in [-0.25, -0.2) is 0 Å². The molecular formula is C14H23NO2. The van der Waals surface area contributed by atoms with Crippen LogP contribution >= 0.6 is 0 Å². The van der Waals surface area contributed by atoms with Crippen LogP contribution in [-0.2, 0) is 6.54 Å². The minimum absolute atomic E-state index is 0.261. The van der Waals surface area contributed by atoms with Gasteiger partial charge in [0.25, 0.3) is 0 Å². The summed E-state index contributed by atoms with van der Waals surface area (Å²) in [6, 6.07) is 5.44. The summed E-state index contributed by atoms with van der Waals surface area (Å²) >= 11 is 0. The van der Waals surface area contributed by atoms with Crippen LogP contribution < -0.4 is 4.74 Å². The van der Waals surface area contributed by atoms with E-state index in [1.807, 2.05) is 12.1 Å². The molecule has 0 heterocycles. The third-order valence-corrected chi connectivity index (χ3v) is 2.48. The molecule has 0 radical (unpaired) electrons. The van der Waals surface area contributed by atoms with E-state index in [-0.39, 0.29) is 5.41 Å². The van der Waals surface area contributed by atoms with Gasteiger partial charge in [0, 0.05) is 24.7 Å². The van der Waals surface area contributed by atoms with Crippen LogP contribution in [0.4, 0.5) is 0 Å². The first-order chi connectivity index (χ1) is 7.81. The van der Waals surface area contributed by atoms with Gasteiger partial charge in [0.2, 0.25) is 0 Å². The summed E-state index contributed by atoms with van der Waals surface area (Å²) in [5.74, 6) is 0.981. The van der Waals surface area contributed by atoms with Crippen molar-refractivity contribution < 1.29 is 9.84 Å². The molecule has 0 unspecified atom stereocenters. The molecule has 0 spiro atoms. The van der Waals surface area contributed by atoms with Gasteiger partial charge >= 0.3 is 0 Å². The Balaban J connectivity index is 2.68. The number of benzene rings is 1. The number of aromatic hydroxyl groups is 1. The van der Waals surface area contributed by atoms with Gasteiger partial charge in [-0.2, -0.15) is 0 Å². The van der Waals surface area contributed by atoms with Crippen LogP contribution in [0, 0.1) is 5.41 Å². The summed E-state index contributed by atoms with van der Waals surface area (Å²) in [5, 5.41) is 9.86. The number of hydrogen-bond acceptors (Lipinski definition) is 3. The lowest BCUT2D eigenvalue weighted by atomic mass is 9.96. The summed E-state index contributed by atoms with van der Waals surface area (Å²) in [4.78, 5) is 2.21. The molecule has 0 atom stereocenters. The van der Waals surface area contributed by atoms with E-state index in [1.165, 1.54) is 0 Å². The quantitative estimate of drug-likeness (QED) is 0.874. The summed E-state index contributed by atoms with van der Waals surface area (Å²) in [6.45, 7) is 8.34. The first-order valence-electron chi connectivity index (χ1n) is 5.86. The second-order valence-electron chi connectivity index (χ2n) is 5.73. The largest absolute Gasteiger partial charge is 0.507 e. The third kappa shape index (κ3) is 4.65. The molecule has 0 amide bonds. The Morgan fingerprint density at radius 3 is 2.41 bits per heavy atom. The molecule has 0 fully saturated rings. The van der Waals surface area contributed by atoms with Crippen molar-refractivity contribution in [2.75, 3.05) is 20.7 Å². The average molecular weight is 237 g/mol. The highest BCUT2D eigenvalue weighted by Crippen LogP contribution is 2.25. The van der Waals surface area contributed by atoms with Gasteiger partial charge in [-0.15, -0.1) is 0 Å². The number of phenols is 1. The molecule has 0 aliphatic carbocycles. The lowest BCUT2D eigenvalue weighted by Gasteiger charge is -2.26. The normalized spacial score (nSPS) is 11.9. The number of ether oxygens (including phenoxy) is 1. The van der Waals surface area contributed by atoms with Crippen molar-refractivity contribution in [2.24, 2.45) is 5.41 Å². The lowest BCUT2D eigenvalue weighted by molar-refractivity contribution is 0.219. The molecule has 0 aromatic heterocycles. The fraction of sp³-hybridized carbons (Fsp3) is 0.571. The second-order valence-corrected chi connectivity index (χ2v) is 5.73. The first-order valence-corrected chi connectivity index (χ1v) is 5.86. The van der Waals surface area contributed by atoms with E-state index in [1.54, 1.807) is 13.2 Å². The number of nitrogens with zero attached hydrogens (tertiary/aromatic N) is 1. The Morgan fingerprint density at radius 2 is 1.94 bits per heavy atom. The predicted molar refractivity (Wildman–Crippen MR) is 70.4 cm³/mol. The number of hydrogen-bond donors (Lipinski definition) is 1. The van der Waals surface area contributed by atoms with Crippen molar-refractivity contribution in [1.29, 1.82) is 0 Å². The van der Waals surface area contributed by atoms with Gasteiger partial charge in [-0.3, -0.25) is 0 Å². The van der Waals surface area contributed by atoms with E-state index in [9.17, 15) is 5.11 Å². The minimum Gasteiger partial charge on any atom is -0.507 e. The molecule has 0 aliphatic rings. The zero-order chi connectivity index (χ0) is 13.1. The predicted octanol–water partition coefficient (Wildman–Crippen LogP) is 2.88. The fourth-order valence-corrected chi connectivity index (χ4v) is 1.96. The highest BCUT2D eigenvalue weighted by Gasteiger charge is 2.14. The van der Waals surface area contributed by atoms with Gasteiger partial charge in [0.15, 0.2) is 0 Å². The molecular weight excluding hydrogens is 214 g/mol. The van der Waals surface area contributed by atoms with Crippen molar-refractivity contribution in [2.45, 2.75) is 27.3 Å². The number of methoxy groups -OCH3 is 1. The van der Waals surface area contributed by atoms with Crippen molar-refractivity contribution in [1.82, 2.24) is 4.90 Å².